The fraction of sp³-hybridized carbons (Fsp3) is 0.278. The lowest BCUT2D eigenvalue weighted by molar-refractivity contribution is -0.123. The van der Waals surface area contributed by atoms with E-state index < -0.39 is 40.8 Å². The summed E-state index contributed by atoms with van der Waals surface area (Å²) < 4.78 is 55.1. The summed E-state index contributed by atoms with van der Waals surface area (Å²) >= 11 is 1.47. The van der Waals surface area contributed by atoms with Crippen molar-refractivity contribution >= 4 is 34.6 Å². The minimum absolute atomic E-state index is 0.0372. The molecule has 1 aliphatic rings. The molecule has 0 aliphatic carbocycles. The van der Waals surface area contributed by atoms with E-state index in [1.165, 1.54) is 23.3 Å². The van der Waals surface area contributed by atoms with Crippen LogP contribution in [-0.4, -0.2) is 29.5 Å². The van der Waals surface area contributed by atoms with Crippen molar-refractivity contribution in [3.63, 3.8) is 0 Å². The van der Waals surface area contributed by atoms with E-state index in [4.69, 9.17) is 0 Å². The number of hydrogen-bond acceptors (Lipinski definition) is 4. The quantitative estimate of drug-likeness (QED) is 0.566. The molecule has 1 aliphatic heterocycles. The second-order valence-corrected chi connectivity index (χ2v) is 7.26. The lowest BCUT2D eigenvalue weighted by atomic mass is 10.1. The average molecular weight is 413 g/mol. The molecular weight excluding hydrogens is 398 g/mol. The van der Waals surface area contributed by atoms with Crippen LogP contribution in [0.25, 0.3) is 0 Å². The Morgan fingerprint density at radius 2 is 1.86 bits per heavy atom. The predicted molar refractivity (Wildman–Crippen MR) is 96.0 cm³/mol. The van der Waals surface area contributed by atoms with Gasteiger partial charge in [0.25, 0.3) is 5.91 Å². The second-order valence-electron chi connectivity index (χ2n) is 6.26. The molecule has 5 nitrogen and oxygen atoms in total. The number of aryl methyl sites for hydroxylation is 1. The minimum atomic E-state index is -1.76. The Balaban J connectivity index is 1.93. The topological polar surface area (TPSA) is 53.0 Å². The van der Waals surface area contributed by atoms with Gasteiger partial charge in [-0.3, -0.25) is 9.59 Å². The van der Waals surface area contributed by atoms with Crippen LogP contribution in [0.4, 0.5) is 23.2 Å². The molecule has 0 saturated carbocycles. The van der Waals surface area contributed by atoms with E-state index in [-0.39, 0.29) is 36.2 Å². The van der Waals surface area contributed by atoms with Gasteiger partial charge in [-0.2, -0.15) is 10.1 Å². The van der Waals surface area contributed by atoms with Crippen molar-refractivity contribution in [2.45, 2.75) is 26.3 Å². The molecule has 2 aromatic rings. The van der Waals surface area contributed by atoms with Gasteiger partial charge < -0.3 is 4.90 Å². The second kappa shape index (κ2) is 7.70. The number of anilines is 1. The highest BCUT2D eigenvalue weighted by molar-refractivity contribution is 7.10. The first-order valence-corrected chi connectivity index (χ1v) is 9.10. The molecule has 0 fully saturated rings. The number of benzene rings is 1. The standard InChI is InChI=1S/C18H15F4N3O2S/c1-9-5-6-28-13(9)8-24(2)18(27)12-3-4-14(26)25(23-12)17-15(21)10(19)7-11(20)16(17)22/h5-7H,3-4,8H2,1-2H3. The van der Waals surface area contributed by atoms with Crippen LogP contribution in [-0.2, 0) is 16.1 Å². The van der Waals surface area contributed by atoms with Crippen molar-refractivity contribution in [1.82, 2.24) is 4.90 Å². The maximum absolute atomic E-state index is 14.0. The molecule has 0 unspecified atom stereocenters. The van der Waals surface area contributed by atoms with Crippen molar-refractivity contribution in [1.29, 1.82) is 0 Å². The van der Waals surface area contributed by atoms with Crippen LogP contribution in [0.2, 0.25) is 0 Å². The normalized spacial score (nSPS) is 14.3. The number of thiophene rings is 1. The van der Waals surface area contributed by atoms with Gasteiger partial charge >= 0.3 is 0 Å². The smallest absolute Gasteiger partial charge is 0.270 e. The van der Waals surface area contributed by atoms with E-state index in [0.717, 1.165) is 10.4 Å². The van der Waals surface area contributed by atoms with Gasteiger partial charge in [0, 0.05) is 30.8 Å². The zero-order valence-corrected chi connectivity index (χ0v) is 15.7. The summed E-state index contributed by atoms with van der Waals surface area (Å²) in [5.41, 5.74) is -0.407. The minimum Gasteiger partial charge on any atom is -0.335 e. The number of halogens is 4. The Kier molecular flexibility index (Phi) is 5.50. The first-order valence-electron chi connectivity index (χ1n) is 8.22. The van der Waals surface area contributed by atoms with E-state index in [0.29, 0.717) is 0 Å². The van der Waals surface area contributed by atoms with Crippen LogP contribution in [0.5, 0.6) is 0 Å². The monoisotopic (exact) mass is 413 g/mol. The SMILES string of the molecule is Cc1ccsc1CN(C)C(=O)C1=NN(c2c(F)c(F)cc(F)c2F)C(=O)CC1. The van der Waals surface area contributed by atoms with E-state index in [9.17, 15) is 27.2 Å². The lowest BCUT2D eigenvalue weighted by Gasteiger charge is -2.26. The van der Waals surface area contributed by atoms with E-state index in [1.807, 2.05) is 18.4 Å². The molecule has 0 bridgehead atoms. The van der Waals surface area contributed by atoms with E-state index >= 15 is 0 Å². The summed E-state index contributed by atoms with van der Waals surface area (Å²) in [5, 5.41) is 5.81. The Labute approximate surface area is 161 Å². The number of nitrogens with zero attached hydrogens (tertiary/aromatic N) is 3. The fourth-order valence-corrected chi connectivity index (χ4v) is 3.66. The molecule has 10 heteroatoms. The van der Waals surface area contributed by atoms with Gasteiger partial charge in [0.05, 0.1) is 6.54 Å². The highest BCUT2D eigenvalue weighted by Gasteiger charge is 2.33. The molecule has 0 atom stereocenters. The zero-order valence-electron chi connectivity index (χ0n) is 14.9. The van der Waals surface area contributed by atoms with Gasteiger partial charge in [-0.25, -0.2) is 17.6 Å². The van der Waals surface area contributed by atoms with E-state index in [1.54, 1.807) is 0 Å². The van der Waals surface area contributed by atoms with Crippen molar-refractivity contribution in [3.8, 4) is 0 Å². The number of carbonyl (C=O) groups excluding carboxylic acids is 2. The molecule has 0 spiro atoms. The van der Waals surface area contributed by atoms with Crippen molar-refractivity contribution in [2.24, 2.45) is 5.10 Å². The lowest BCUT2D eigenvalue weighted by Crippen LogP contribution is -2.40. The van der Waals surface area contributed by atoms with Crippen LogP contribution in [0.3, 0.4) is 0 Å². The van der Waals surface area contributed by atoms with Crippen LogP contribution in [0.1, 0.15) is 23.3 Å². The first-order chi connectivity index (χ1) is 13.2. The molecular formula is C18H15F4N3O2S. The number of hydrazone groups is 1. The maximum Gasteiger partial charge on any atom is 0.270 e. The summed E-state index contributed by atoms with van der Waals surface area (Å²) in [6.07, 6.45) is -0.337. The largest absolute Gasteiger partial charge is 0.335 e. The maximum atomic E-state index is 14.0. The Bertz CT molecular complexity index is 963. The van der Waals surface area contributed by atoms with Crippen molar-refractivity contribution < 1.29 is 27.2 Å². The van der Waals surface area contributed by atoms with Gasteiger partial charge in [0.1, 0.15) is 11.4 Å². The highest BCUT2D eigenvalue weighted by Crippen LogP contribution is 2.30. The molecule has 28 heavy (non-hydrogen) atoms. The summed E-state index contributed by atoms with van der Waals surface area (Å²) in [6.45, 7) is 2.18. The molecule has 148 valence electrons. The van der Waals surface area contributed by atoms with E-state index in [2.05, 4.69) is 5.10 Å². The molecule has 0 saturated heterocycles. The fourth-order valence-electron chi connectivity index (χ4n) is 2.70. The Morgan fingerprint density at radius 1 is 1.21 bits per heavy atom. The zero-order chi connectivity index (χ0) is 20.6. The highest BCUT2D eigenvalue weighted by atomic mass is 32.1. The van der Waals surface area contributed by atoms with Crippen LogP contribution in [0.15, 0.2) is 22.6 Å². The molecule has 2 heterocycles. The number of hydrogen-bond donors (Lipinski definition) is 0. The van der Waals surface area contributed by atoms with Crippen molar-refractivity contribution in [2.75, 3.05) is 12.1 Å². The molecule has 3 rings (SSSR count). The van der Waals surface area contributed by atoms with Crippen LogP contribution >= 0.6 is 11.3 Å². The Hall–Kier alpha value is -2.75. The van der Waals surface area contributed by atoms with Gasteiger partial charge in [-0.15, -0.1) is 11.3 Å². The first kappa shape index (κ1) is 20.0. The van der Waals surface area contributed by atoms with Crippen molar-refractivity contribution in [3.05, 3.63) is 51.2 Å². The average Bonchev–Trinajstić information content (AvgIpc) is 3.05. The van der Waals surface area contributed by atoms with Gasteiger partial charge in [-0.1, -0.05) is 0 Å². The third kappa shape index (κ3) is 3.64. The molecule has 2 amide bonds. The van der Waals surface area contributed by atoms with Gasteiger partial charge in [0.2, 0.25) is 5.91 Å². The molecule has 0 N–H and O–H groups in total. The number of rotatable bonds is 4. The van der Waals surface area contributed by atoms with Gasteiger partial charge in [-0.05, 0) is 23.9 Å². The summed E-state index contributed by atoms with van der Waals surface area (Å²) in [5.74, 6) is -8.28. The Morgan fingerprint density at radius 3 is 2.43 bits per heavy atom. The third-order valence-corrected chi connectivity index (χ3v) is 5.28. The number of carbonyl (C=O) groups is 2. The summed E-state index contributed by atoms with van der Waals surface area (Å²) in [4.78, 5) is 27.0. The summed E-state index contributed by atoms with van der Waals surface area (Å²) in [7, 11) is 1.52. The molecule has 0 radical (unpaired) electrons. The molecule has 1 aromatic carbocycles. The predicted octanol–water partition coefficient (Wildman–Crippen LogP) is 3.75. The van der Waals surface area contributed by atoms with Crippen LogP contribution in [0, 0.1) is 30.2 Å². The van der Waals surface area contributed by atoms with Gasteiger partial charge in [0.15, 0.2) is 23.3 Å². The summed E-state index contributed by atoms with van der Waals surface area (Å²) in [6, 6.07) is 1.94. The number of amides is 2. The molecule has 1 aromatic heterocycles. The van der Waals surface area contributed by atoms with Crippen LogP contribution < -0.4 is 5.01 Å². The third-order valence-electron chi connectivity index (χ3n) is 4.28.